The number of carbonyl (C=O) groups is 1. The van der Waals surface area contributed by atoms with Crippen LogP contribution in [0.3, 0.4) is 0 Å². The van der Waals surface area contributed by atoms with Gasteiger partial charge in [-0.3, -0.25) is 0 Å². The second kappa shape index (κ2) is 4.35. The summed E-state index contributed by atoms with van der Waals surface area (Å²) in [5, 5.41) is 11.1. The second-order valence-corrected chi connectivity index (χ2v) is 3.57. The summed E-state index contributed by atoms with van der Waals surface area (Å²) in [7, 11) is 0. The van der Waals surface area contributed by atoms with Crippen molar-refractivity contribution in [1.82, 2.24) is 19.8 Å². The van der Waals surface area contributed by atoms with Gasteiger partial charge in [0.25, 0.3) is 5.89 Å². The first-order valence-electron chi connectivity index (χ1n) is 4.52. The number of hydrogen-bond donors (Lipinski definition) is 0. The first kappa shape index (κ1) is 10.7. The predicted molar refractivity (Wildman–Crippen MR) is 53.9 cm³/mol. The maximum atomic E-state index is 11.3. The van der Waals surface area contributed by atoms with E-state index >= 15 is 0 Å². The van der Waals surface area contributed by atoms with Crippen molar-refractivity contribution in [1.29, 1.82) is 0 Å². The summed E-state index contributed by atoms with van der Waals surface area (Å²) < 4.78 is 13.6. The predicted octanol–water partition coefficient (Wildman–Crippen LogP) is 1.07. The van der Waals surface area contributed by atoms with E-state index in [9.17, 15) is 4.79 Å². The van der Waals surface area contributed by atoms with Gasteiger partial charge in [-0.2, -0.15) is 0 Å². The Hall–Kier alpha value is -1.83. The van der Waals surface area contributed by atoms with Gasteiger partial charge in [0.15, 0.2) is 0 Å². The van der Waals surface area contributed by atoms with E-state index in [1.54, 1.807) is 13.8 Å². The summed E-state index contributed by atoms with van der Waals surface area (Å²) >= 11 is 1.13. The molecule has 2 heterocycles. The summed E-state index contributed by atoms with van der Waals surface area (Å²) in [6.07, 6.45) is 0. The molecule has 0 saturated carbocycles. The number of aromatic nitrogens is 4. The zero-order chi connectivity index (χ0) is 11.5. The Morgan fingerprint density at radius 2 is 2.25 bits per heavy atom. The minimum atomic E-state index is -0.628. The van der Waals surface area contributed by atoms with Crippen LogP contribution >= 0.6 is 11.5 Å². The average Bonchev–Trinajstić information content (AvgIpc) is 2.86. The van der Waals surface area contributed by atoms with Crippen molar-refractivity contribution in [3.8, 4) is 10.8 Å². The largest absolute Gasteiger partial charge is 0.459 e. The molecular weight excluding hydrogens is 232 g/mol. The van der Waals surface area contributed by atoms with Crippen LogP contribution in [0.4, 0.5) is 0 Å². The highest BCUT2D eigenvalue weighted by atomic mass is 32.1. The van der Waals surface area contributed by atoms with Crippen molar-refractivity contribution in [2.45, 2.75) is 13.8 Å². The normalized spacial score (nSPS) is 10.4. The number of nitrogens with zero attached hydrogens (tertiary/aromatic N) is 4. The number of rotatable bonds is 3. The van der Waals surface area contributed by atoms with Crippen molar-refractivity contribution in [3.63, 3.8) is 0 Å². The Balaban J connectivity index is 2.26. The lowest BCUT2D eigenvalue weighted by Gasteiger charge is -1.94. The second-order valence-electron chi connectivity index (χ2n) is 2.82. The molecule has 0 aliphatic carbocycles. The van der Waals surface area contributed by atoms with Crippen molar-refractivity contribution in [2.75, 3.05) is 6.61 Å². The van der Waals surface area contributed by atoms with E-state index < -0.39 is 5.97 Å². The lowest BCUT2D eigenvalue weighted by atomic mass is 10.4. The van der Waals surface area contributed by atoms with Crippen LogP contribution in [0.1, 0.15) is 23.3 Å². The Labute approximate surface area is 94.6 Å². The highest BCUT2D eigenvalue weighted by molar-refractivity contribution is 7.09. The molecule has 0 aliphatic rings. The smallest absolute Gasteiger partial charge is 0.396 e. The maximum absolute atomic E-state index is 11.3. The zero-order valence-corrected chi connectivity index (χ0v) is 9.45. The Kier molecular flexibility index (Phi) is 2.91. The first-order valence-corrected chi connectivity index (χ1v) is 5.29. The number of carbonyl (C=O) groups excluding carboxylic acids is 1. The molecule has 0 atom stereocenters. The third-order valence-corrected chi connectivity index (χ3v) is 2.54. The van der Waals surface area contributed by atoms with Gasteiger partial charge in [0.2, 0.25) is 0 Å². The molecular formula is C8H8N4O3S. The molecule has 0 amide bonds. The molecule has 8 heteroatoms. The fourth-order valence-electron chi connectivity index (χ4n) is 1.02. The summed E-state index contributed by atoms with van der Waals surface area (Å²) in [6, 6.07) is 0. The standard InChI is InChI=1S/C8H8N4O3S/c1-3-14-8(13)7-11-10-6(15-7)5-4(2)9-12-16-5/h3H2,1-2H3. The molecule has 0 N–H and O–H groups in total. The van der Waals surface area contributed by atoms with E-state index in [-0.39, 0.29) is 18.4 Å². The molecule has 2 aromatic heterocycles. The molecule has 0 radical (unpaired) electrons. The summed E-state index contributed by atoms with van der Waals surface area (Å²) in [5.74, 6) is -0.559. The van der Waals surface area contributed by atoms with Crippen molar-refractivity contribution >= 4 is 17.5 Å². The molecule has 0 bridgehead atoms. The number of ether oxygens (including phenoxy) is 1. The summed E-state index contributed by atoms with van der Waals surface area (Å²) in [6.45, 7) is 3.73. The zero-order valence-electron chi connectivity index (χ0n) is 8.63. The van der Waals surface area contributed by atoms with Gasteiger partial charge >= 0.3 is 11.9 Å². The Bertz CT molecular complexity index is 507. The SMILES string of the molecule is CCOC(=O)c1nnc(-c2snnc2C)o1. The van der Waals surface area contributed by atoms with Gasteiger partial charge in [0.05, 0.1) is 12.3 Å². The topological polar surface area (TPSA) is 91.0 Å². The van der Waals surface area contributed by atoms with Gasteiger partial charge in [0, 0.05) is 0 Å². The van der Waals surface area contributed by atoms with Gasteiger partial charge < -0.3 is 9.15 Å². The molecule has 16 heavy (non-hydrogen) atoms. The number of aryl methyl sites for hydroxylation is 1. The molecule has 2 rings (SSSR count). The highest BCUT2D eigenvalue weighted by Gasteiger charge is 2.19. The van der Waals surface area contributed by atoms with Crippen LogP contribution in [0.25, 0.3) is 10.8 Å². The van der Waals surface area contributed by atoms with Crippen LogP contribution < -0.4 is 0 Å². The van der Waals surface area contributed by atoms with Crippen LogP contribution in [0.15, 0.2) is 4.42 Å². The molecule has 0 unspecified atom stereocenters. The van der Waals surface area contributed by atoms with E-state index in [0.717, 1.165) is 11.5 Å². The maximum Gasteiger partial charge on any atom is 0.396 e. The van der Waals surface area contributed by atoms with Gasteiger partial charge in [-0.05, 0) is 25.4 Å². The van der Waals surface area contributed by atoms with Crippen molar-refractivity contribution in [3.05, 3.63) is 11.6 Å². The number of hydrogen-bond acceptors (Lipinski definition) is 8. The molecule has 84 valence electrons. The van der Waals surface area contributed by atoms with E-state index in [1.807, 2.05) is 0 Å². The molecule has 7 nitrogen and oxygen atoms in total. The molecule has 0 aliphatic heterocycles. The van der Waals surface area contributed by atoms with E-state index in [0.29, 0.717) is 10.6 Å². The third-order valence-electron chi connectivity index (χ3n) is 1.72. The minimum Gasteiger partial charge on any atom is -0.459 e. The van der Waals surface area contributed by atoms with Crippen LogP contribution in [0, 0.1) is 6.92 Å². The monoisotopic (exact) mass is 240 g/mol. The van der Waals surface area contributed by atoms with Crippen molar-refractivity contribution in [2.24, 2.45) is 0 Å². The van der Waals surface area contributed by atoms with Crippen molar-refractivity contribution < 1.29 is 13.9 Å². The van der Waals surface area contributed by atoms with Gasteiger partial charge in [-0.15, -0.1) is 15.3 Å². The van der Waals surface area contributed by atoms with E-state index in [4.69, 9.17) is 9.15 Å². The van der Waals surface area contributed by atoms with E-state index in [2.05, 4.69) is 19.8 Å². The molecule has 0 saturated heterocycles. The fourth-order valence-corrected chi connectivity index (χ4v) is 1.60. The van der Waals surface area contributed by atoms with Crippen LogP contribution in [-0.4, -0.2) is 32.4 Å². The van der Waals surface area contributed by atoms with E-state index in [1.165, 1.54) is 0 Å². The minimum absolute atomic E-state index is 0.162. The quantitative estimate of drug-likeness (QED) is 0.741. The lowest BCUT2D eigenvalue weighted by Crippen LogP contribution is -2.04. The van der Waals surface area contributed by atoms with Crippen LogP contribution in [-0.2, 0) is 4.74 Å². The molecule has 0 aromatic carbocycles. The van der Waals surface area contributed by atoms with Crippen LogP contribution in [0.2, 0.25) is 0 Å². The highest BCUT2D eigenvalue weighted by Crippen LogP contribution is 2.23. The summed E-state index contributed by atoms with van der Waals surface area (Å²) in [4.78, 5) is 11.9. The lowest BCUT2D eigenvalue weighted by molar-refractivity contribution is 0.0481. The fraction of sp³-hybridized carbons (Fsp3) is 0.375. The molecule has 2 aromatic rings. The number of esters is 1. The average molecular weight is 240 g/mol. The summed E-state index contributed by atoms with van der Waals surface area (Å²) in [5.41, 5.74) is 0.684. The third kappa shape index (κ3) is 1.91. The Morgan fingerprint density at radius 1 is 1.44 bits per heavy atom. The molecule has 0 fully saturated rings. The van der Waals surface area contributed by atoms with Gasteiger partial charge in [-0.25, -0.2) is 4.79 Å². The van der Waals surface area contributed by atoms with Gasteiger partial charge in [-0.1, -0.05) is 4.49 Å². The Morgan fingerprint density at radius 3 is 2.88 bits per heavy atom. The first-order chi connectivity index (χ1) is 7.72. The van der Waals surface area contributed by atoms with Crippen LogP contribution in [0.5, 0.6) is 0 Å². The molecule has 0 spiro atoms. The van der Waals surface area contributed by atoms with Gasteiger partial charge in [0.1, 0.15) is 4.88 Å².